The van der Waals surface area contributed by atoms with Gasteiger partial charge < -0.3 is 15.2 Å². The third-order valence-electron chi connectivity index (χ3n) is 6.15. The van der Waals surface area contributed by atoms with Crippen LogP contribution in [0.4, 0.5) is 5.95 Å². The van der Waals surface area contributed by atoms with Gasteiger partial charge in [0.15, 0.2) is 0 Å². The molecule has 5 heteroatoms. The Kier molecular flexibility index (Phi) is 4.51. The summed E-state index contributed by atoms with van der Waals surface area (Å²) in [5.41, 5.74) is 4.70. The Bertz CT molecular complexity index is 962. The van der Waals surface area contributed by atoms with Crippen molar-refractivity contribution in [3.05, 3.63) is 59.7 Å². The van der Waals surface area contributed by atoms with Crippen LogP contribution in [0.15, 0.2) is 48.5 Å². The highest BCUT2D eigenvalue weighted by Gasteiger charge is 2.30. The van der Waals surface area contributed by atoms with E-state index in [0.29, 0.717) is 0 Å². The zero-order valence-electron chi connectivity index (χ0n) is 16.0. The molecule has 2 heterocycles. The number of H-pyrrole nitrogens is 1. The normalized spacial score (nSPS) is 22.1. The number of aromatic amines is 1. The number of amides is 1. The molecule has 0 radical (unpaired) electrons. The van der Waals surface area contributed by atoms with Crippen LogP contribution in [0.2, 0.25) is 0 Å². The van der Waals surface area contributed by atoms with E-state index in [1.54, 1.807) is 0 Å². The van der Waals surface area contributed by atoms with Gasteiger partial charge in [-0.3, -0.25) is 4.79 Å². The van der Waals surface area contributed by atoms with E-state index < -0.39 is 0 Å². The van der Waals surface area contributed by atoms with Crippen molar-refractivity contribution in [2.24, 2.45) is 5.92 Å². The van der Waals surface area contributed by atoms with E-state index in [4.69, 9.17) is 4.98 Å². The average Bonchev–Trinajstić information content (AvgIpc) is 3.18. The molecule has 1 aliphatic heterocycles. The van der Waals surface area contributed by atoms with Crippen molar-refractivity contribution < 1.29 is 4.79 Å². The van der Waals surface area contributed by atoms with Gasteiger partial charge in [-0.1, -0.05) is 36.4 Å². The van der Waals surface area contributed by atoms with Crippen molar-refractivity contribution >= 4 is 22.9 Å². The third kappa shape index (κ3) is 3.26. The van der Waals surface area contributed by atoms with Gasteiger partial charge in [0.1, 0.15) is 0 Å². The van der Waals surface area contributed by atoms with Crippen LogP contribution in [-0.2, 0) is 11.2 Å². The molecule has 2 atom stereocenters. The number of anilines is 1. The zero-order valence-corrected chi connectivity index (χ0v) is 16.0. The van der Waals surface area contributed by atoms with E-state index in [2.05, 4.69) is 39.5 Å². The summed E-state index contributed by atoms with van der Waals surface area (Å²) >= 11 is 0. The van der Waals surface area contributed by atoms with Crippen LogP contribution in [0, 0.1) is 5.92 Å². The quantitative estimate of drug-likeness (QED) is 0.729. The summed E-state index contributed by atoms with van der Waals surface area (Å²) in [5, 5.41) is 3.35. The number of hydrogen-bond donors (Lipinski definition) is 2. The minimum atomic E-state index is 0.0102. The van der Waals surface area contributed by atoms with Crippen LogP contribution in [0.1, 0.15) is 42.9 Å². The van der Waals surface area contributed by atoms with E-state index in [1.165, 1.54) is 11.1 Å². The van der Waals surface area contributed by atoms with Gasteiger partial charge in [0.2, 0.25) is 11.9 Å². The predicted molar refractivity (Wildman–Crippen MR) is 111 cm³/mol. The molecule has 0 saturated carbocycles. The molecular weight excluding hydrogens is 348 g/mol. The summed E-state index contributed by atoms with van der Waals surface area (Å²) in [7, 11) is 0. The summed E-state index contributed by atoms with van der Waals surface area (Å²) in [4.78, 5) is 23.4. The summed E-state index contributed by atoms with van der Waals surface area (Å²) in [6.07, 6.45) is 5.24. The van der Waals surface area contributed by atoms with E-state index in [1.807, 2.05) is 24.3 Å². The Labute approximate surface area is 165 Å². The fourth-order valence-corrected chi connectivity index (χ4v) is 4.67. The minimum absolute atomic E-state index is 0.0102. The van der Waals surface area contributed by atoms with Gasteiger partial charge in [-0.15, -0.1) is 0 Å². The number of aromatic nitrogens is 2. The van der Waals surface area contributed by atoms with Gasteiger partial charge in [-0.05, 0) is 55.4 Å². The second-order valence-corrected chi connectivity index (χ2v) is 8.01. The van der Waals surface area contributed by atoms with Crippen molar-refractivity contribution in [1.82, 2.24) is 15.3 Å². The molecule has 1 amide bonds. The Morgan fingerprint density at radius 1 is 1.07 bits per heavy atom. The van der Waals surface area contributed by atoms with Gasteiger partial charge >= 0.3 is 0 Å². The van der Waals surface area contributed by atoms with Crippen molar-refractivity contribution in [3.8, 4) is 0 Å². The molecule has 2 N–H and O–H groups in total. The first kappa shape index (κ1) is 17.3. The second-order valence-electron chi connectivity index (χ2n) is 8.01. The molecule has 3 aromatic rings. The molecule has 144 valence electrons. The first-order chi connectivity index (χ1) is 13.8. The highest BCUT2D eigenvalue weighted by Crippen LogP contribution is 2.30. The number of fused-ring (bicyclic) bond motifs is 2. The summed E-state index contributed by atoms with van der Waals surface area (Å²) < 4.78 is 0. The number of piperidine rings is 1. The number of para-hydroxylation sites is 2. The SMILES string of the molecule is O=C(N[C@H]1CCCc2ccccc21)[C@H]1CCCN(c2nc3ccccc3[nH]2)C1. The highest BCUT2D eigenvalue weighted by atomic mass is 16.2. The number of carbonyl (C=O) groups is 1. The first-order valence-corrected chi connectivity index (χ1v) is 10.4. The van der Waals surface area contributed by atoms with Crippen LogP contribution in [-0.4, -0.2) is 29.0 Å². The van der Waals surface area contributed by atoms with Crippen molar-refractivity contribution in [1.29, 1.82) is 0 Å². The molecule has 2 aliphatic rings. The van der Waals surface area contributed by atoms with Crippen LogP contribution >= 0.6 is 0 Å². The molecule has 2 aromatic carbocycles. The first-order valence-electron chi connectivity index (χ1n) is 10.4. The lowest BCUT2D eigenvalue weighted by Crippen LogP contribution is -2.44. The number of carbonyl (C=O) groups excluding carboxylic acids is 1. The van der Waals surface area contributed by atoms with Crippen LogP contribution < -0.4 is 10.2 Å². The number of nitrogens with one attached hydrogen (secondary N) is 2. The Morgan fingerprint density at radius 2 is 1.93 bits per heavy atom. The molecule has 0 unspecified atom stereocenters. The zero-order chi connectivity index (χ0) is 18.9. The fraction of sp³-hybridized carbons (Fsp3) is 0.391. The van der Waals surface area contributed by atoms with E-state index in [-0.39, 0.29) is 17.9 Å². The summed E-state index contributed by atoms with van der Waals surface area (Å²) in [6.45, 7) is 1.66. The van der Waals surface area contributed by atoms with Gasteiger partial charge in [0, 0.05) is 13.1 Å². The maximum atomic E-state index is 13.1. The topological polar surface area (TPSA) is 61.0 Å². The lowest BCUT2D eigenvalue weighted by atomic mass is 9.87. The lowest BCUT2D eigenvalue weighted by molar-refractivity contribution is -0.126. The summed E-state index contributed by atoms with van der Waals surface area (Å²) in [5.74, 6) is 1.07. The predicted octanol–water partition coefficient (Wildman–Crippen LogP) is 3.97. The molecule has 5 nitrogen and oxygen atoms in total. The molecule has 1 saturated heterocycles. The number of rotatable bonds is 3. The summed E-state index contributed by atoms with van der Waals surface area (Å²) in [6, 6.07) is 16.8. The van der Waals surface area contributed by atoms with Crippen LogP contribution in [0.25, 0.3) is 11.0 Å². The maximum absolute atomic E-state index is 13.1. The van der Waals surface area contributed by atoms with Gasteiger partial charge in [-0.2, -0.15) is 0 Å². The molecule has 0 spiro atoms. The number of hydrogen-bond acceptors (Lipinski definition) is 3. The molecular formula is C23H26N4O. The van der Waals surface area contributed by atoms with Crippen molar-refractivity contribution in [2.75, 3.05) is 18.0 Å². The number of imidazole rings is 1. The van der Waals surface area contributed by atoms with Crippen LogP contribution in [0.3, 0.4) is 0 Å². The van der Waals surface area contributed by atoms with E-state index in [9.17, 15) is 4.79 Å². The highest BCUT2D eigenvalue weighted by molar-refractivity contribution is 5.81. The maximum Gasteiger partial charge on any atom is 0.225 e. The monoisotopic (exact) mass is 374 g/mol. The average molecular weight is 374 g/mol. The number of nitrogens with zero attached hydrogens (tertiary/aromatic N) is 2. The Morgan fingerprint density at radius 3 is 2.86 bits per heavy atom. The smallest absolute Gasteiger partial charge is 0.225 e. The number of benzene rings is 2. The molecule has 0 bridgehead atoms. The third-order valence-corrected chi connectivity index (χ3v) is 6.15. The molecule has 1 aliphatic carbocycles. The molecule has 1 fully saturated rings. The Balaban J connectivity index is 1.29. The van der Waals surface area contributed by atoms with Crippen molar-refractivity contribution in [3.63, 3.8) is 0 Å². The van der Waals surface area contributed by atoms with E-state index >= 15 is 0 Å². The molecule has 1 aromatic heterocycles. The second kappa shape index (κ2) is 7.30. The van der Waals surface area contributed by atoms with Crippen molar-refractivity contribution in [2.45, 2.75) is 38.1 Å². The van der Waals surface area contributed by atoms with E-state index in [0.717, 1.165) is 62.2 Å². The largest absolute Gasteiger partial charge is 0.349 e. The van der Waals surface area contributed by atoms with Gasteiger partial charge in [0.25, 0.3) is 0 Å². The minimum Gasteiger partial charge on any atom is -0.349 e. The molecule has 28 heavy (non-hydrogen) atoms. The lowest BCUT2D eigenvalue weighted by Gasteiger charge is -2.33. The Hall–Kier alpha value is -2.82. The molecule has 5 rings (SSSR count). The standard InChI is InChI=1S/C23H26N4O/c28-22(24-19-13-5-8-16-7-1-2-10-18(16)19)17-9-6-14-27(15-17)23-25-20-11-3-4-12-21(20)26-23/h1-4,7,10-12,17,19H,5-6,8-9,13-15H2,(H,24,28)(H,25,26)/t17-,19-/m0/s1. The fourth-order valence-electron chi connectivity index (χ4n) is 4.67. The van der Waals surface area contributed by atoms with Gasteiger partial charge in [-0.25, -0.2) is 4.98 Å². The van der Waals surface area contributed by atoms with Crippen LogP contribution in [0.5, 0.6) is 0 Å². The van der Waals surface area contributed by atoms with Gasteiger partial charge in [0.05, 0.1) is 23.0 Å². The number of aryl methyl sites for hydroxylation is 1.